The van der Waals surface area contributed by atoms with Crippen LogP contribution in [-0.4, -0.2) is 34.2 Å². The van der Waals surface area contributed by atoms with Gasteiger partial charge >= 0.3 is 6.16 Å². The van der Waals surface area contributed by atoms with Crippen LogP contribution in [0, 0.1) is 11.7 Å². The highest BCUT2D eigenvalue weighted by molar-refractivity contribution is 5.98. The molecule has 3 aromatic carbocycles. The number of nitrogens with one attached hydrogen (secondary N) is 1. The van der Waals surface area contributed by atoms with E-state index in [0.29, 0.717) is 16.8 Å². The molecule has 8 nitrogen and oxygen atoms in total. The van der Waals surface area contributed by atoms with Crippen LogP contribution in [0.15, 0.2) is 65.1 Å². The highest BCUT2D eigenvalue weighted by Crippen LogP contribution is 2.31. The summed E-state index contributed by atoms with van der Waals surface area (Å²) in [6, 6.07) is 17.9. The quantitative estimate of drug-likeness (QED) is 0.246. The second-order valence-corrected chi connectivity index (χ2v) is 8.38. The monoisotopic (exact) mass is 492 g/mol. The SMILES string of the molecule is COc1ccc2nc(Nc3ccc(-c4ccc(C(=O)C5CCCC5)cc4)cc3F)oc2c1.O=C(O)O. The van der Waals surface area contributed by atoms with Crippen molar-refractivity contribution in [2.45, 2.75) is 25.7 Å². The molecular weight excluding hydrogens is 467 g/mol. The molecule has 0 saturated heterocycles. The first-order valence-corrected chi connectivity index (χ1v) is 11.4. The van der Waals surface area contributed by atoms with E-state index in [4.69, 9.17) is 24.2 Å². The van der Waals surface area contributed by atoms with Gasteiger partial charge in [-0.15, -0.1) is 0 Å². The fourth-order valence-electron chi connectivity index (χ4n) is 4.25. The van der Waals surface area contributed by atoms with E-state index >= 15 is 0 Å². The minimum atomic E-state index is -1.83. The first-order valence-electron chi connectivity index (χ1n) is 11.4. The Hall–Kier alpha value is -4.40. The number of methoxy groups -OCH3 is 1. The van der Waals surface area contributed by atoms with Crippen LogP contribution in [0.5, 0.6) is 5.75 Å². The third-order valence-corrected chi connectivity index (χ3v) is 6.04. The van der Waals surface area contributed by atoms with E-state index in [9.17, 15) is 9.18 Å². The Labute approximate surface area is 206 Å². The zero-order valence-electron chi connectivity index (χ0n) is 19.5. The summed E-state index contributed by atoms with van der Waals surface area (Å²) in [7, 11) is 1.58. The van der Waals surface area contributed by atoms with Crippen LogP contribution in [0.2, 0.25) is 0 Å². The van der Waals surface area contributed by atoms with Crippen molar-refractivity contribution in [1.29, 1.82) is 0 Å². The molecule has 0 unspecified atom stereocenters. The Bertz CT molecular complexity index is 1370. The van der Waals surface area contributed by atoms with Crippen molar-refractivity contribution in [2.24, 2.45) is 5.92 Å². The van der Waals surface area contributed by atoms with Crippen molar-refractivity contribution in [3.05, 3.63) is 72.0 Å². The van der Waals surface area contributed by atoms with Crippen molar-refractivity contribution in [1.82, 2.24) is 4.98 Å². The fraction of sp³-hybridized carbons (Fsp3) is 0.222. The van der Waals surface area contributed by atoms with Gasteiger partial charge in [-0.25, -0.2) is 9.18 Å². The van der Waals surface area contributed by atoms with Crippen LogP contribution in [0.3, 0.4) is 0 Å². The Morgan fingerprint density at radius 3 is 2.31 bits per heavy atom. The number of Topliss-reactive ketones (excluding diaryl/α,β-unsaturated/α-hetero) is 1. The number of carbonyl (C=O) groups excluding carboxylic acids is 1. The molecule has 9 heteroatoms. The zero-order chi connectivity index (χ0) is 25.7. The number of ether oxygens (including phenoxy) is 1. The summed E-state index contributed by atoms with van der Waals surface area (Å²) in [5, 5.41) is 16.8. The molecule has 1 aliphatic rings. The maximum Gasteiger partial charge on any atom is 0.503 e. The number of hydrogen-bond acceptors (Lipinski definition) is 6. The van der Waals surface area contributed by atoms with Crippen LogP contribution in [-0.2, 0) is 0 Å². The van der Waals surface area contributed by atoms with Gasteiger partial charge in [0.15, 0.2) is 11.4 Å². The molecule has 0 bridgehead atoms. The van der Waals surface area contributed by atoms with Gasteiger partial charge < -0.3 is 24.7 Å². The number of carboxylic acid groups (broad SMARTS) is 2. The third kappa shape index (κ3) is 5.80. The van der Waals surface area contributed by atoms with Crippen LogP contribution in [0.25, 0.3) is 22.2 Å². The van der Waals surface area contributed by atoms with Gasteiger partial charge in [-0.3, -0.25) is 4.79 Å². The summed E-state index contributed by atoms with van der Waals surface area (Å²) >= 11 is 0. The first kappa shape index (κ1) is 24.7. The van der Waals surface area contributed by atoms with Gasteiger partial charge in [0.05, 0.1) is 12.8 Å². The minimum absolute atomic E-state index is 0.150. The van der Waals surface area contributed by atoms with Gasteiger partial charge in [0.2, 0.25) is 0 Å². The molecule has 0 radical (unpaired) electrons. The number of aromatic nitrogens is 1. The molecule has 1 fully saturated rings. The van der Waals surface area contributed by atoms with Gasteiger partial charge in [0.1, 0.15) is 17.1 Å². The van der Waals surface area contributed by atoms with E-state index in [0.717, 1.165) is 42.4 Å². The van der Waals surface area contributed by atoms with Crippen LogP contribution >= 0.6 is 0 Å². The number of benzene rings is 3. The number of ketones is 1. The molecule has 0 atom stereocenters. The molecule has 3 N–H and O–H groups in total. The maximum absolute atomic E-state index is 14.8. The number of fused-ring (bicyclic) bond motifs is 1. The molecule has 1 aromatic heterocycles. The summed E-state index contributed by atoms with van der Waals surface area (Å²) in [6.07, 6.45) is 2.39. The van der Waals surface area contributed by atoms with Crippen LogP contribution in [0.4, 0.5) is 20.9 Å². The molecule has 1 aliphatic carbocycles. The molecule has 186 valence electrons. The summed E-state index contributed by atoms with van der Waals surface area (Å²) in [4.78, 5) is 25.5. The van der Waals surface area contributed by atoms with Crippen molar-refractivity contribution in [3.63, 3.8) is 0 Å². The van der Waals surface area contributed by atoms with Gasteiger partial charge in [0.25, 0.3) is 6.01 Å². The number of anilines is 2. The molecule has 0 spiro atoms. The van der Waals surface area contributed by atoms with E-state index in [-0.39, 0.29) is 23.4 Å². The standard InChI is InChI=1S/C26H23FN2O3.CH2O3/c1-31-20-11-13-23-24(15-20)32-26(29-23)28-22-12-10-19(14-21(22)27)16-6-8-18(9-7-16)25(30)17-4-2-3-5-17;2-1(3)4/h6-15,17H,2-5H2,1H3,(H,28,29);(H2,2,3,4). The number of oxazole rings is 1. The Morgan fingerprint density at radius 2 is 1.67 bits per heavy atom. The van der Waals surface area contributed by atoms with Gasteiger partial charge in [0, 0.05) is 17.5 Å². The Kier molecular flexibility index (Phi) is 7.48. The molecule has 36 heavy (non-hydrogen) atoms. The average Bonchev–Trinajstić information content (AvgIpc) is 3.54. The maximum atomic E-state index is 14.8. The number of rotatable bonds is 6. The molecule has 5 rings (SSSR count). The lowest BCUT2D eigenvalue weighted by molar-refractivity contribution is 0.0922. The minimum Gasteiger partial charge on any atom is -0.497 e. The number of halogens is 1. The number of carbonyl (C=O) groups is 2. The molecule has 0 amide bonds. The summed E-state index contributed by atoms with van der Waals surface area (Å²) in [5.74, 6) is 0.604. The van der Waals surface area contributed by atoms with Gasteiger partial charge in [-0.1, -0.05) is 43.2 Å². The van der Waals surface area contributed by atoms with E-state index < -0.39 is 12.0 Å². The highest BCUT2D eigenvalue weighted by Gasteiger charge is 2.23. The Balaban J connectivity index is 0.000000709. The Morgan fingerprint density at radius 1 is 1.00 bits per heavy atom. The predicted molar refractivity (Wildman–Crippen MR) is 133 cm³/mol. The fourth-order valence-corrected chi connectivity index (χ4v) is 4.25. The van der Waals surface area contributed by atoms with Crippen LogP contribution < -0.4 is 10.1 Å². The lowest BCUT2D eigenvalue weighted by atomic mass is 9.94. The summed E-state index contributed by atoms with van der Waals surface area (Å²) in [5.41, 5.74) is 3.78. The van der Waals surface area contributed by atoms with Gasteiger partial charge in [-0.05, 0) is 48.2 Å². The van der Waals surface area contributed by atoms with E-state index in [1.54, 1.807) is 31.4 Å². The molecular formula is C27H25FN2O6. The molecule has 0 aliphatic heterocycles. The van der Waals surface area contributed by atoms with Crippen molar-refractivity contribution in [2.75, 3.05) is 12.4 Å². The highest BCUT2D eigenvalue weighted by atomic mass is 19.1. The van der Waals surface area contributed by atoms with Crippen molar-refractivity contribution >= 4 is 34.7 Å². The molecule has 1 heterocycles. The third-order valence-electron chi connectivity index (χ3n) is 6.04. The first-order chi connectivity index (χ1) is 17.3. The number of nitrogens with zero attached hydrogens (tertiary/aromatic N) is 1. The topological polar surface area (TPSA) is 122 Å². The van der Waals surface area contributed by atoms with Crippen molar-refractivity contribution < 1.29 is 33.3 Å². The lowest BCUT2D eigenvalue weighted by Gasteiger charge is -2.10. The molecule has 4 aromatic rings. The lowest BCUT2D eigenvalue weighted by Crippen LogP contribution is -2.10. The molecule has 1 saturated carbocycles. The largest absolute Gasteiger partial charge is 0.503 e. The van der Waals surface area contributed by atoms with E-state index in [1.165, 1.54) is 6.07 Å². The van der Waals surface area contributed by atoms with Crippen LogP contribution in [0.1, 0.15) is 36.0 Å². The number of hydrogen-bond donors (Lipinski definition) is 3. The average molecular weight is 493 g/mol. The second-order valence-electron chi connectivity index (χ2n) is 8.38. The zero-order valence-corrected chi connectivity index (χ0v) is 19.5. The van der Waals surface area contributed by atoms with Crippen molar-refractivity contribution in [3.8, 4) is 16.9 Å². The summed E-state index contributed by atoms with van der Waals surface area (Å²) < 4.78 is 25.6. The predicted octanol–water partition coefficient (Wildman–Crippen LogP) is 6.98. The smallest absolute Gasteiger partial charge is 0.497 e. The normalized spacial score (nSPS) is 13.2. The van der Waals surface area contributed by atoms with E-state index in [2.05, 4.69) is 10.3 Å². The summed E-state index contributed by atoms with van der Waals surface area (Å²) in [6.45, 7) is 0. The van der Waals surface area contributed by atoms with E-state index in [1.807, 2.05) is 30.3 Å². The second kappa shape index (κ2) is 10.9. The van der Waals surface area contributed by atoms with Gasteiger partial charge in [-0.2, -0.15) is 4.98 Å².